The lowest BCUT2D eigenvalue weighted by atomic mass is 10.3. The van der Waals surface area contributed by atoms with E-state index in [4.69, 9.17) is 9.47 Å². The summed E-state index contributed by atoms with van der Waals surface area (Å²) in [5.41, 5.74) is 0. The summed E-state index contributed by atoms with van der Waals surface area (Å²) in [4.78, 5) is 24.0. The third-order valence-electron chi connectivity index (χ3n) is 2.52. The van der Waals surface area contributed by atoms with E-state index in [0.29, 0.717) is 12.4 Å². The van der Waals surface area contributed by atoms with Gasteiger partial charge in [0.1, 0.15) is 18.0 Å². The third-order valence-corrected chi connectivity index (χ3v) is 2.52. The number of carbonyl (C=O) groups excluding carboxylic acids is 2. The predicted octanol–water partition coefficient (Wildman–Crippen LogP) is 1.10. The summed E-state index contributed by atoms with van der Waals surface area (Å²) >= 11 is 0. The zero-order chi connectivity index (χ0) is 15.0. The number of esters is 1. The van der Waals surface area contributed by atoms with Crippen LogP contribution in [0.15, 0.2) is 24.3 Å². The van der Waals surface area contributed by atoms with Crippen molar-refractivity contribution in [3.63, 3.8) is 0 Å². The molecule has 0 aromatic heterocycles. The lowest BCUT2D eigenvalue weighted by molar-refractivity contribution is -0.146. The largest absolute Gasteiger partial charge is 0.494 e. The summed E-state index contributed by atoms with van der Waals surface area (Å²) < 4.78 is 15.1. The highest BCUT2D eigenvalue weighted by Crippen LogP contribution is 2.17. The van der Waals surface area contributed by atoms with E-state index in [2.05, 4.69) is 4.74 Å². The normalized spacial score (nSPS) is 9.75. The Labute approximate surface area is 118 Å². The van der Waals surface area contributed by atoms with Crippen LogP contribution in [0.2, 0.25) is 0 Å². The number of rotatable bonds is 7. The first-order valence-corrected chi connectivity index (χ1v) is 6.23. The van der Waals surface area contributed by atoms with Gasteiger partial charge in [-0.25, -0.2) is 0 Å². The van der Waals surface area contributed by atoms with Crippen molar-refractivity contribution < 1.29 is 23.8 Å². The van der Waals surface area contributed by atoms with Gasteiger partial charge in [0.25, 0.3) is 5.91 Å². The zero-order valence-electron chi connectivity index (χ0n) is 11.9. The molecule has 0 aliphatic carbocycles. The van der Waals surface area contributed by atoms with Crippen LogP contribution in [-0.4, -0.2) is 50.7 Å². The van der Waals surface area contributed by atoms with Crippen molar-refractivity contribution >= 4 is 11.9 Å². The molecule has 1 aromatic rings. The molecule has 0 unspecified atom stereocenters. The van der Waals surface area contributed by atoms with Gasteiger partial charge in [-0.1, -0.05) is 0 Å². The van der Waals surface area contributed by atoms with Crippen molar-refractivity contribution in [3.8, 4) is 11.5 Å². The van der Waals surface area contributed by atoms with Gasteiger partial charge in [-0.05, 0) is 31.2 Å². The monoisotopic (exact) mass is 281 g/mol. The summed E-state index contributed by atoms with van der Waals surface area (Å²) in [5.74, 6) is 0.536. The second-order valence-electron chi connectivity index (χ2n) is 4.02. The van der Waals surface area contributed by atoms with E-state index >= 15 is 0 Å². The number of likely N-dealkylation sites (N-methyl/N-ethyl adjacent to an activating group) is 1. The maximum absolute atomic E-state index is 11.7. The molecular formula is C14H19NO5. The number of ether oxygens (including phenoxy) is 3. The van der Waals surface area contributed by atoms with E-state index in [0.717, 1.165) is 5.75 Å². The first kappa shape index (κ1) is 15.8. The predicted molar refractivity (Wildman–Crippen MR) is 72.8 cm³/mol. The minimum absolute atomic E-state index is 0.0953. The minimum atomic E-state index is -0.470. The Balaban J connectivity index is 2.42. The second kappa shape index (κ2) is 8.04. The van der Waals surface area contributed by atoms with Crippen molar-refractivity contribution in [1.82, 2.24) is 4.90 Å². The molecule has 0 bridgehead atoms. The highest BCUT2D eigenvalue weighted by Gasteiger charge is 2.13. The molecule has 20 heavy (non-hydrogen) atoms. The van der Waals surface area contributed by atoms with Crippen LogP contribution in [0.3, 0.4) is 0 Å². The van der Waals surface area contributed by atoms with Crippen molar-refractivity contribution in [2.75, 3.05) is 33.9 Å². The first-order valence-electron chi connectivity index (χ1n) is 6.23. The number of benzene rings is 1. The van der Waals surface area contributed by atoms with Gasteiger partial charge < -0.3 is 19.1 Å². The minimum Gasteiger partial charge on any atom is -0.494 e. The fourth-order valence-electron chi connectivity index (χ4n) is 1.40. The molecule has 0 spiro atoms. The highest BCUT2D eigenvalue weighted by atomic mass is 16.5. The molecule has 1 amide bonds. The van der Waals surface area contributed by atoms with Gasteiger partial charge in [-0.15, -0.1) is 0 Å². The van der Waals surface area contributed by atoms with E-state index in [1.165, 1.54) is 19.1 Å². The van der Waals surface area contributed by atoms with Gasteiger partial charge in [-0.3, -0.25) is 9.59 Å². The Bertz CT molecular complexity index is 443. The maximum Gasteiger partial charge on any atom is 0.325 e. The Morgan fingerprint density at radius 2 is 1.65 bits per heavy atom. The molecule has 0 fully saturated rings. The fourth-order valence-corrected chi connectivity index (χ4v) is 1.40. The SMILES string of the molecule is CCOc1ccc(OCC(=O)N(C)CC(=O)OC)cc1. The molecule has 1 rings (SSSR count). The Hall–Kier alpha value is -2.24. The highest BCUT2D eigenvalue weighted by molar-refractivity contribution is 5.82. The second-order valence-corrected chi connectivity index (χ2v) is 4.02. The average molecular weight is 281 g/mol. The van der Waals surface area contributed by atoms with E-state index in [9.17, 15) is 9.59 Å². The lowest BCUT2D eigenvalue weighted by Crippen LogP contribution is -2.35. The molecule has 0 radical (unpaired) electrons. The van der Waals surface area contributed by atoms with Gasteiger partial charge in [0, 0.05) is 7.05 Å². The van der Waals surface area contributed by atoms with Crippen LogP contribution in [0.4, 0.5) is 0 Å². The van der Waals surface area contributed by atoms with Crippen LogP contribution < -0.4 is 9.47 Å². The quantitative estimate of drug-likeness (QED) is 0.700. The Morgan fingerprint density at radius 1 is 1.10 bits per heavy atom. The summed E-state index contributed by atoms with van der Waals surface area (Å²) in [6, 6.07) is 6.97. The third kappa shape index (κ3) is 5.17. The van der Waals surface area contributed by atoms with Crippen LogP contribution in [0.5, 0.6) is 11.5 Å². The van der Waals surface area contributed by atoms with Crippen molar-refractivity contribution in [2.24, 2.45) is 0 Å². The van der Waals surface area contributed by atoms with Gasteiger partial charge in [-0.2, -0.15) is 0 Å². The molecule has 0 atom stereocenters. The molecule has 0 heterocycles. The van der Waals surface area contributed by atoms with Gasteiger partial charge in [0.15, 0.2) is 6.61 Å². The van der Waals surface area contributed by atoms with Crippen LogP contribution in [0, 0.1) is 0 Å². The summed E-state index contributed by atoms with van der Waals surface area (Å²) in [6.45, 7) is 2.26. The molecule has 6 nitrogen and oxygen atoms in total. The molecule has 6 heteroatoms. The molecule has 0 N–H and O–H groups in total. The standard InChI is InChI=1S/C14H19NO5/c1-4-19-11-5-7-12(8-6-11)20-10-13(16)15(2)9-14(17)18-3/h5-8H,4,9-10H2,1-3H3. The van der Waals surface area contributed by atoms with Crippen molar-refractivity contribution in [1.29, 1.82) is 0 Å². The maximum atomic E-state index is 11.7. The van der Waals surface area contributed by atoms with Crippen LogP contribution in [-0.2, 0) is 14.3 Å². The Morgan fingerprint density at radius 3 is 2.15 bits per heavy atom. The summed E-state index contributed by atoms with van der Waals surface area (Å²) in [6.07, 6.45) is 0. The van der Waals surface area contributed by atoms with Gasteiger partial charge in [0.05, 0.1) is 13.7 Å². The van der Waals surface area contributed by atoms with Gasteiger partial charge in [0.2, 0.25) is 0 Å². The topological polar surface area (TPSA) is 65.1 Å². The lowest BCUT2D eigenvalue weighted by Gasteiger charge is -2.16. The van der Waals surface area contributed by atoms with Crippen LogP contribution in [0.25, 0.3) is 0 Å². The number of methoxy groups -OCH3 is 1. The van der Waals surface area contributed by atoms with E-state index in [1.54, 1.807) is 24.3 Å². The number of amides is 1. The van der Waals surface area contributed by atoms with E-state index in [-0.39, 0.29) is 19.1 Å². The molecule has 0 saturated heterocycles. The fraction of sp³-hybridized carbons (Fsp3) is 0.429. The number of nitrogens with zero attached hydrogens (tertiary/aromatic N) is 1. The number of hydrogen-bond donors (Lipinski definition) is 0. The summed E-state index contributed by atoms with van der Waals surface area (Å²) in [5, 5.41) is 0. The first-order chi connectivity index (χ1) is 9.56. The van der Waals surface area contributed by atoms with E-state index in [1.807, 2.05) is 6.92 Å². The zero-order valence-corrected chi connectivity index (χ0v) is 11.9. The molecule has 0 saturated carbocycles. The number of carbonyl (C=O) groups is 2. The smallest absolute Gasteiger partial charge is 0.325 e. The summed E-state index contributed by atoms with van der Waals surface area (Å²) in [7, 11) is 2.79. The molecule has 1 aromatic carbocycles. The average Bonchev–Trinajstić information content (AvgIpc) is 2.46. The van der Waals surface area contributed by atoms with Crippen LogP contribution in [0.1, 0.15) is 6.92 Å². The molecular weight excluding hydrogens is 262 g/mol. The molecule has 0 aliphatic heterocycles. The van der Waals surface area contributed by atoms with Gasteiger partial charge >= 0.3 is 5.97 Å². The van der Waals surface area contributed by atoms with E-state index < -0.39 is 5.97 Å². The van der Waals surface area contributed by atoms with Crippen molar-refractivity contribution in [2.45, 2.75) is 6.92 Å². The molecule has 110 valence electrons. The van der Waals surface area contributed by atoms with Crippen LogP contribution >= 0.6 is 0 Å². The number of hydrogen-bond acceptors (Lipinski definition) is 5. The molecule has 0 aliphatic rings. The van der Waals surface area contributed by atoms with Crippen molar-refractivity contribution in [3.05, 3.63) is 24.3 Å². The Kier molecular flexibility index (Phi) is 6.36.